The van der Waals surface area contributed by atoms with Gasteiger partial charge < -0.3 is 11.7 Å². The van der Waals surface area contributed by atoms with Gasteiger partial charge in [0, 0.05) is 51.2 Å². The Labute approximate surface area is 101 Å². The smallest absolute Gasteiger partial charge is 0.0874 e. The molecular formula is C7H13Fe3O-. The number of allylic oxidation sites excluding steroid dienone is 2. The average Bonchev–Trinajstić information content (AvgIpc) is 1.67. The molecule has 0 bridgehead atoms. The van der Waals surface area contributed by atoms with Gasteiger partial charge in [-0.3, -0.25) is 0 Å². The Kier molecular flexibility index (Phi) is 28.2. The van der Waals surface area contributed by atoms with Gasteiger partial charge in [0.1, 0.15) is 0 Å². The molecule has 0 aliphatic rings. The van der Waals surface area contributed by atoms with Crippen LogP contribution in [-0.4, -0.2) is 6.61 Å². The van der Waals surface area contributed by atoms with Crippen LogP contribution < -0.4 is 0 Å². The first-order valence-corrected chi connectivity index (χ1v) is 2.74. The van der Waals surface area contributed by atoms with Crippen LogP contribution >= 0.6 is 0 Å². The van der Waals surface area contributed by atoms with Gasteiger partial charge in [-0.05, 0) is 33.0 Å². The van der Waals surface area contributed by atoms with E-state index in [1.807, 2.05) is 20.8 Å². The van der Waals surface area contributed by atoms with E-state index in [-0.39, 0.29) is 51.2 Å². The molecule has 0 spiro atoms. The summed E-state index contributed by atoms with van der Waals surface area (Å²) in [5, 5.41) is 0. The molecular weight excluding hydrogens is 268 g/mol. The molecule has 0 saturated carbocycles. The van der Waals surface area contributed by atoms with Gasteiger partial charge in [-0.2, -0.15) is 0 Å². The average molecular weight is 281 g/mol. The van der Waals surface area contributed by atoms with E-state index in [1.165, 1.54) is 5.57 Å². The topological polar surface area (TPSA) is 9.23 Å². The van der Waals surface area contributed by atoms with Crippen LogP contribution in [0.15, 0.2) is 11.3 Å². The third-order valence-electron chi connectivity index (χ3n) is 1.02. The quantitative estimate of drug-likeness (QED) is 0.428. The summed E-state index contributed by atoms with van der Waals surface area (Å²) in [4.78, 5) is 0. The maximum absolute atomic E-state index is 5.07. The molecule has 11 heavy (non-hydrogen) atoms. The monoisotopic (exact) mass is 281 g/mol. The van der Waals surface area contributed by atoms with Crippen molar-refractivity contribution in [2.24, 2.45) is 0 Å². The van der Waals surface area contributed by atoms with E-state index in [4.69, 9.17) is 4.74 Å². The van der Waals surface area contributed by atoms with Crippen LogP contribution in [0, 0.1) is 6.92 Å². The van der Waals surface area contributed by atoms with Crippen molar-refractivity contribution in [2.45, 2.75) is 20.8 Å². The van der Waals surface area contributed by atoms with Crippen LogP contribution in [0.25, 0.3) is 0 Å². The van der Waals surface area contributed by atoms with Crippen LogP contribution in [0.4, 0.5) is 0 Å². The van der Waals surface area contributed by atoms with Gasteiger partial charge in [0.2, 0.25) is 0 Å². The van der Waals surface area contributed by atoms with Crippen molar-refractivity contribution in [3.63, 3.8) is 0 Å². The summed E-state index contributed by atoms with van der Waals surface area (Å²) in [6.07, 6.45) is 0. The van der Waals surface area contributed by atoms with E-state index >= 15 is 0 Å². The van der Waals surface area contributed by atoms with E-state index in [0.29, 0.717) is 6.61 Å². The second-order valence-corrected chi connectivity index (χ2v) is 1.90. The zero-order valence-electron chi connectivity index (χ0n) is 6.88. The van der Waals surface area contributed by atoms with E-state index in [0.717, 1.165) is 5.76 Å². The standard InChI is InChI=1S/C7H13O.3Fe/c1-5-8-7(4)6(2)3;;;/h1,5H2,2-4H3;;;/q-1;;;. The van der Waals surface area contributed by atoms with Crippen LogP contribution in [0.1, 0.15) is 20.8 Å². The maximum Gasteiger partial charge on any atom is 0.0874 e. The van der Waals surface area contributed by atoms with Gasteiger partial charge in [-0.15, -0.1) is 0 Å². The predicted octanol–water partition coefficient (Wildman–Crippen LogP) is 2.14. The Morgan fingerprint density at radius 2 is 1.45 bits per heavy atom. The van der Waals surface area contributed by atoms with Crippen LogP contribution in [0.2, 0.25) is 0 Å². The molecule has 0 amide bonds. The minimum atomic E-state index is 0. The molecule has 4 heteroatoms. The van der Waals surface area contributed by atoms with Crippen molar-refractivity contribution in [2.75, 3.05) is 6.61 Å². The van der Waals surface area contributed by atoms with Crippen LogP contribution in [0.3, 0.4) is 0 Å². The summed E-state index contributed by atoms with van der Waals surface area (Å²) >= 11 is 0. The third kappa shape index (κ3) is 14.0. The molecule has 0 radical (unpaired) electrons. The van der Waals surface area contributed by atoms with Crippen molar-refractivity contribution in [1.29, 1.82) is 0 Å². The molecule has 0 atom stereocenters. The minimum Gasteiger partial charge on any atom is -0.530 e. The van der Waals surface area contributed by atoms with Gasteiger partial charge in [-0.25, -0.2) is 0 Å². The third-order valence-corrected chi connectivity index (χ3v) is 1.02. The second kappa shape index (κ2) is 13.7. The fraction of sp³-hybridized carbons (Fsp3) is 0.571. The zero-order chi connectivity index (χ0) is 6.57. The van der Waals surface area contributed by atoms with E-state index in [2.05, 4.69) is 6.92 Å². The summed E-state index contributed by atoms with van der Waals surface area (Å²) < 4.78 is 5.07. The normalized spacial score (nSPS) is 6.18. The Balaban J connectivity index is -0.0000000817. The Morgan fingerprint density at radius 3 is 1.55 bits per heavy atom. The summed E-state index contributed by atoms with van der Waals surface area (Å²) in [6.45, 7) is 10.1. The number of ether oxygens (including phenoxy) is 1. The molecule has 0 aliphatic heterocycles. The first-order valence-electron chi connectivity index (χ1n) is 2.74. The molecule has 0 unspecified atom stereocenters. The molecule has 0 aromatic rings. The number of hydrogen-bond donors (Lipinski definition) is 0. The predicted molar refractivity (Wildman–Crippen MR) is 35.4 cm³/mol. The first-order chi connectivity index (χ1) is 3.68. The fourth-order valence-electron chi connectivity index (χ4n) is 0.297. The first kappa shape index (κ1) is 22.7. The Hall–Kier alpha value is 1.10. The fourth-order valence-corrected chi connectivity index (χ4v) is 0.297. The molecule has 0 aromatic carbocycles. The minimum absolute atomic E-state index is 0. The SMILES string of the molecule is [CH2-]COC(C)=C(C)C.[Fe].[Fe].[Fe]. The summed E-state index contributed by atoms with van der Waals surface area (Å²) in [5.41, 5.74) is 1.22. The Bertz CT molecular complexity index is 97.9. The van der Waals surface area contributed by atoms with Crippen molar-refractivity contribution >= 4 is 0 Å². The largest absolute Gasteiger partial charge is 0.530 e. The molecule has 0 N–H and O–H groups in total. The van der Waals surface area contributed by atoms with Crippen molar-refractivity contribution in [1.82, 2.24) is 0 Å². The number of hydrogen-bond acceptors (Lipinski definition) is 1. The summed E-state index contributed by atoms with van der Waals surface area (Å²) in [6, 6.07) is 0. The molecule has 0 aromatic heterocycles. The van der Waals surface area contributed by atoms with E-state index in [1.54, 1.807) is 0 Å². The van der Waals surface area contributed by atoms with Gasteiger partial charge in [0.05, 0.1) is 5.76 Å². The molecule has 0 aliphatic carbocycles. The van der Waals surface area contributed by atoms with E-state index in [9.17, 15) is 0 Å². The van der Waals surface area contributed by atoms with Crippen molar-refractivity contribution in [3.8, 4) is 0 Å². The van der Waals surface area contributed by atoms with Gasteiger partial charge >= 0.3 is 0 Å². The second-order valence-electron chi connectivity index (χ2n) is 1.90. The van der Waals surface area contributed by atoms with Crippen LogP contribution in [-0.2, 0) is 55.9 Å². The Morgan fingerprint density at radius 1 is 1.09 bits per heavy atom. The summed E-state index contributed by atoms with van der Waals surface area (Å²) in [5.74, 6) is 0.986. The zero-order valence-corrected chi connectivity index (χ0v) is 10.2. The van der Waals surface area contributed by atoms with Crippen molar-refractivity contribution in [3.05, 3.63) is 18.3 Å². The number of rotatable bonds is 2. The maximum atomic E-state index is 5.07. The molecule has 0 rings (SSSR count). The molecule has 0 fully saturated rings. The van der Waals surface area contributed by atoms with Gasteiger partial charge in [-0.1, -0.05) is 0 Å². The molecule has 0 saturated heterocycles. The van der Waals surface area contributed by atoms with E-state index < -0.39 is 0 Å². The van der Waals surface area contributed by atoms with Crippen molar-refractivity contribution < 1.29 is 55.9 Å². The van der Waals surface area contributed by atoms with Gasteiger partial charge in [0.15, 0.2) is 0 Å². The molecule has 1 nitrogen and oxygen atoms in total. The molecule has 72 valence electrons. The summed E-state index contributed by atoms with van der Waals surface area (Å²) in [7, 11) is 0. The van der Waals surface area contributed by atoms with Crippen LogP contribution in [0.5, 0.6) is 0 Å². The van der Waals surface area contributed by atoms with Gasteiger partial charge in [0.25, 0.3) is 0 Å². The molecule has 0 heterocycles.